The molecule has 1 heteroatoms. The summed E-state index contributed by atoms with van der Waals surface area (Å²) in [6.07, 6.45) is 6.14. The number of hydrogen-bond acceptors (Lipinski definition) is 1. The number of rotatable bonds is 4. The van der Waals surface area contributed by atoms with Crippen molar-refractivity contribution in [3.63, 3.8) is 0 Å². The van der Waals surface area contributed by atoms with Gasteiger partial charge in [-0.05, 0) is 62.5 Å². The van der Waals surface area contributed by atoms with Crippen LogP contribution in [0, 0.1) is 5.92 Å². The summed E-state index contributed by atoms with van der Waals surface area (Å²) in [5.41, 5.74) is 4.56. The first-order valence-electron chi connectivity index (χ1n) is 6.64. The van der Waals surface area contributed by atoms with Gasteiger partial charge in [-0.2, -0.15) is 0 Å². The zero-order valence-electron chi connectivity index (χ0n) is 11.2. The average molecular weight is 229 g/mol. The van der Waals surface area contributed by atoms with Gasteiger partial charge < -0.3 is 4.90 Å². The molecule has 0 aromatic heterocycles. The Labute approximate surface area is 105 Å². The van der Waals surface area contributed by atoms with Crippen LogP contribution < -0.4 is 0 Å². The first-order chi connectivity index (χ1) is 8.20. The van der Waals surface area contributed by atoms with Gasteiger partial charge in [0.05, 0.1) is 0 Å². The lowest BCUT2D eigenvalue weighted by atomic mass is 9.82. The smallest absolute Gasteiger partial charge is 0.00191 e. The first-order valence-corrected chi connectivity index (χ1v) is 6.64. The zero-order valence-corrected chi connectivity index (χ0v) is 11.2. The molecule has 0 N–H and O–H groups in total. The molecule has 1 atom stereocenters. The second kappa shape index (κ2) is 5.50. The highest BCUT2D eigenvalue weighted by Crippen LogP contribution is 2.32. The minimum atomic E-state index is 0.724. The van der Waals surface area contributed by atoms with Crippen molar-refractivity contribution in [1.29, 1.82) is 0 Å². The Morgan fingerprint density at radius 3 is 2.71 bits per heavy atom. The van der Waals surface area contributed by atoms with Crippen molar-refractivity contribution in [3.05, 3.63) is 41.5 Å². The molecule has 0 saturated carbocycles. The van der Waals surface area contributed by atoms with Crippen LogP contribution in [0.2, 0.25) is 0 Å². The van der Waals surface area contributed by atoms with E-state index in [1.54, 1.807) is 0 Å². The molecule has 0 heterocycles. The van der Waals surface area contributed by atoms with Crippen molar-refractivity contribution >= 4 is 5.57 Å². The van der Waals surface area contributed by atoms with E-state index >= 15 is 0 Å². The van der Waals surface area contributed by atoms with Crippen molar-refractivity contribution in [2.45, 2.75) is 26.2 Å². The fourth-order valence-electron chi connectivity index (χ4n) is 2.64. The third kappa shape index (κ3) is 2.98. The standard InChI is InChI=1S/C16H23N/c1-4-14-11-13(9-10-17(2)3)12-15-7-5-6-8-16(14)15/h5-8,11,13H,4,9-10,12H2,1-3H3. The van der Waals surface area contributed by atoms with Crippen LogP contribution in [-0.4, -0.2) is 25.5 Å². The molecule has 1 aliphatic rings. The van der Waals surface area contributed by atoms with Crippen molar-refractivity contribution in [2.75, 3.05) is 20.6 Å². The van der Waals surface area contributed by atoms with E-state index in [9.17, 15) is 0 Å². The summed E-state index contributed by atoms with van der Waals surface area (Å²) in [6, 6.07) is 8.89. The topological polar surface area (TPSA) is 3.24 Å². The van der Waals surface area contributed by atoms with E-state index in [1.807, 2.05) is 0 Å². The van der Waals surface area contributed by atoms with Crippen molar-refractivity contribution < 1.29 is 0 Å². The van der Waals surface area contributed by atoms with Gasteiger partial charge in [0.15, 0.2) is 0 Å². The van der Waals surface area contributed by atoms with Crippen LogP contribution >= 0.6 is 0 Å². The molecule has 0 radical (unpaired) electrons. The van der Waals surface area contributed by atoms with Crippen LogP contribution in [0.4, 0.5) is 0 Å². The van der Waals surface area contributed by atoms with Crippen LogP contribution in [0.1, 0.15) is 30.9 Å². The van der Waals surface area contributed by atoms with Gasteiger partial charge in [0.25, 0.3) is 0 Å². The molecule has 1 aromatic rings. The highest BCUT2D eigenvalue weighted by molar-refractivity contribution is 5.70. The molecule has 0 aliphatic heterocycles. The quantitative estimate of drug-likeness (QED) is 0.762. The maximum atomic E-state index is 2.51. The molecule has 1 nitrogen and oxygen atoms in total. The molecule has 1 aromatic carbocycles. The predicted molar refractivity (Wildman–Crippen MR) is 75.1 cm³/mol. The van der Waals surface area contributed by atoms with Gasteiger partial charge >= 0.3 is 0 Å². The molecule has 0 spiro atoms. The number of benzene rings is 1. The van der Waals surface area contributed by atoms with Gasteiger partial charge in [-0.15, -0.1) is 0 Å². The Kier molecular flexibility index (Phi) is 4.01. The maximum Gasteiger partial charge on any atom is -0.00191 e. The zero-order chi connectivity index (χ0) is 12.3. The number of hydrogen-bond donors (Lipinski definition) is 0. The van der Waals surface area contributed by atoms with E-state index in [-0.39, 0.29) is 0 Å². The van der Waals surface area contributed by atoms with E-state index < -0.39 is 0 Å². The Balaban J connectivity index is 2.16. The summed E-state index contributed by atoms with van der Waals surface area (Å²) in [5, 5.41) is 0. The van der Waals surface area contributed by atoms with Crippen LogP contribution in [0.25, 0.3) is 5.57 Å². The van der Waals surface area contributed by atoms with Crippen molar-refractivity contribution in [3.8, 4) is 0 Å². The molecule has 0 fully saturated rings. The van der Waals surface area contributed by atoms with E-state index in [0.717, 1.165) is 12.3 Å². The molecule has 0 amide bonds. The fraction of sp³-hybridized carbons (Fsp3) is 0.500. The lowest BCUT2D eigenvalue weighted by Crippen LogP contribution is -2.19. The molecular formula is C16H23N. The van der Waals surface area contributed by atoms with Gasteiger partial charge in [-0.25, -0.2) is 0 Å². The summed E-state index contributed by atoms with van der Waals surface area (Å²) in [6.45, 7) is 3.44. The monoisotopic (exact) mass is 229 g/mol. The minimum absolute atomic E-state index is 0.724. The summed E-state index contributed by atoms with van der Waals surface area (Å²) in [7, 11) is 4.31. The van der Waals surface area contributed by atoms with Crippen molar-refractivity contribution in [2.24, 2.45) is 5.92 Å². The highest BCUT2D eigenvalue weighted by atomic mass is 15.0. The van der Waals surface area contributed by atoms with Crippen LogP contribution in [0.15, 0.2) is 30.3 Å². The largest absolute Gasteiger partial charge is 0.309 e. The SMILES string of the molecule is CCC1=CC(CCN(C)C)Cc2ccccc21. The van der Waals surface area contributed by atoms with Gasteiger partial charge in [-0.1, -0.05) is 37.3 Å². The van der Waals surface area contributed by atoms with Gasteiger partial charge in [0, 0.05) is 0 Å². The van der Waals surface area contributed by atoms with Gasteiger partial charge in [-0.3, -0.25) is 0 Å². The second-order valence-corrected chi connectivity index (χ2v) is 5.26. The minimum Gasteiger partial charge on any atom is -0.309 e. The van der Waals surface area contributed by atoms with E-state index in [0.29, 0.717) is 0 Å². The molecule has 0 bridgehead atoms. The Morgan fingerprint density at radius 2 is 2.00 bits per heavy atom. The van der Waals surface area contributed by atoms with E-state index in [1.165, 1.54) is 36.1 Å². The van der Waals surface area contributed by atoms with Gasteiger partial charge in [0.1, 0.15) is 0 Å². The molecule has 92 valence electrons. The summed E-state index contributed by atoms with van der Waals surface area (Å²) in [4.78, 5) is 2.28. The predicted octanol–water partition coefficient (Wildman–Crippen LogP) is 3.60. The molecular weight excluding hydrogens is 206 g/mol. The Bertz CT molecular complexity index is 404. The average Bonchev–Trinajstić information content (AvgIpc) is 2.35. The fourth-order valence-corrected chi connectivity index (χ4v) is 2.64. The normalized spacial score (nSPS) is 19.1. The third-order valence-corrected chi connectivity index (χ3v) is 3.61. The molecule has 1 unspecified atom stereocenters. The van der Waals surface area contributed by atoms with Gasteiger partial charge in [0.2, 0.25) is 0 Å². The van der Waals surface area contributed by atoms with Crippen LogP contribution in [0.3, 0.4) is 0 Å². The number of nitrogens with zero attached hydrogens (tertiary/aromatic N) is 1. The number of allylic oxidation sites excluding steroid dienone is 2. The summed E-state index contributed by atoms with van der Waals surface area (Å²) in [5.74, 6) is 0.724. The highest BCUT2D eigenvalue weighted by Gasteiger charge is 2.17. The summed E-state index contributed by atoms with van der Waals surface area (Å²) >= 11 is 0. The molecule has 17 heavy (non-hydrogen) atoms. The van der Waals surface area contributed by atoms with Crippen molar-refractivity contribution in [1.82, 2.24) is 4.90 Å². The lowest BCUT2D eigenvalue weighted by molar-refractivity contribution is 0.371. The molecule has 2 rings (SSSR count). The maximum absolute atomic E-state index is 2.51. The second-order valence-electron chi connectivity index (χ2n) is 5.26. The molecule has 1 aliphatic carbocycles. The first kappa shape index (κ1) is 12.4. The Morgan fingerprint density at radius 1 is 1.24 bits per heavy atom. The van der Waals surface area contributed by atoms with E-state index in [4.69, 9.17) is 0 Å². The Hall–Kier alpha value is -1.08. The lowest BCUT2D eigenvalue weighted by Gasteiger charge is -2.24. The number of fused-ring (bicyclic) bond motifs is 1. The molecule has 0 saturated heterocycles. The summed E-state index contributed by atoms with van der Waals surface area (Å²) < 4.78 is 0. The van der Waals surface area contributed by atoms with Crippen LogP contribution in [0.5, 0.6) is 0 Å². The van der Waals surface area contributed by atoms with E-state index in [2.05, 4.69) is 56.3 Å². The third-order valence-electron chi connectivity index (χ3n) is 3.61. The van der Waals surface area contributed by atoms with Crippen LogP contribution in [-0.2, 0) is 6.42 Å².